The van der Waals surface area contributed by atoms with Crippen molar-refractivity contribution in [3.8, 4) is 0 Å². The summed E-state index contributed by atoms with van der Waals surface area (Å²) in [7, 11) is 1.40. The maximum Gasteiger partial charge on any atom is 0.305 e. The summed E-state index contributed by atoms with van der Waals surface area (Å²) >= 11 is 0. The molecule has 0 radical (unpaired) electrons. The molecule has 3 aliphatic rings. The van der Waals surface area contributed by atoms with E-state index in [0.717, 1.165) is 25.7 Å². The first-order chi connectivity index (χ1) is 11.9. The van der Waals surface area contributed by atoms with Crippen molar-refractivity contribution in [3.05, 3.63) is 12.2 Å². The highest BCUT2D eigenvalue weighted by Gasteiger charge is 2.52. The quantitative estimate of drug-likeness (QED) is 0.558. The second kappa shape index (κ2) is 7.74. The van der Waals surface area contributed by atoms with Crippen molar-refractivity contribution >= 4 is 5.97 Å². The first-order valence-electron chi connectivity index (χ1n) is 9.34. The smallest absolute Gasteiger partial charge is 0.305 e. The van der Waals surface area contributed by atoms with Crippen LogP contribution in [0.5, 0.6) is 0 Å². The monoisotopic (exact) mass is 354 g/mol. The number of carbonyl (C=O) groups excluding carboxylic acids is 1. The highest BCUT2D eigenvalue weighted by atomic mass is 16.8. The summed E-state index contributed by atoms with van der Waals surface area (Å²) in [6.07, 6.45) is 9.78. The Morgan fingerprint density at radius 2 is 1.92 bits per heavy atom. The number of esters is 1. The zero-order valence-electron chi connectivity index (χ0n) is 15.5. The Morgan fingerprint density at radius 3 is 2.56 bits per heavy atom. The second-order valence-corrected chi connectivity index (χ2v) is 7.55. The fourth-order valence-corrected chi connectivity index (χ4v) is 3.83. The van der Waals surface area contributed by atoms with Gasteiger partial charge >= 0.3 is 5.97 Å². The molecule has 0 aromatic heterocycles. The molecule has 2 saturated heterocycles. The van der Waals surface area contributed by atoms with Crippen molar-refractivity contribution in [2.24, 2.45) is 0 Å². The summed E-state index contributed by atoms with van der Waals surface area (Å²) < 4.78 is 29.2. The summed E-state index contributed by atoms with van der Waals surface area (Å²) in [5.41, 5.74) is 0. The number of hydrogen-bond donors (Lipinski definition) is 0. The van der Waals surface area contributed by atoms with Crippen LogP contribution in [0.15, 0.2) is 12.2 Å². The Labute approximate surface area is 149 Å². The molecule has 6 heteroatoms. The van der Waals surface area contributed by atoms with E-state index < -0.39 is 11.6 Å². The molecule has 0 N–H and O–H groups in total. The average molecular weight is 354 g/mol. The third-order valence-electron chi connectivity index (χ3n) is 5.11. The molecule has 142 valence electrons. The van der Waals surface area contributed by atoms with Crippen molar-refractivity contribution in [2.45, 2.75) is 88.7 Å². The van der Waals surface area contributed by atoms with Gasteiger partial charge in [-0.1, -0.05) is 18.6 Å². The number of hydrogen-bond acceptors (Lipinski definition) is 6. The van der Waals surface area contributed by atoms with Gasteiger partial charge in [-0.25, -0.2) is 0 Å². The molecule has 1 aliphatic carbocycles. The van der Waals surface area contributed by atoms with Crippen LogP contribution in [0.2, 0.25) is 0 Å². The lowest BCUT2D eigenvalue weighted by atomic mass is 9.94. The van der Waals surface area contributed by atoms with Crippen molar-refractivity contribution in [3.63, 3.8) is 0 Å². The van der Waals surface area contributed by atoms with Crippen molar-refractivity contribution in [1.29, 1.82) is 0 Å². The molecule has 1 saturated carbocycles. The first kappa shape index (κ1) is 18.8. The summed E-state index contributed by atoms with van der Waals surface area (Å²) in [5, 5.41) is 0. The van der Waals surface area contributed by atoms with Gasteiger partial charge in [-0.3, -0.25) is 4.79 Å². The molecule has 0 amide bonds. The van der Waals surface area contributed by atoms with Gasteiger partial charge in [-0.2, -0.15) is 0 Å². The van der Waals surface area contributed by atoms with E-state index in [0.29, 0.717) is 19.4 Å². The minimum absolute atomic E-state index is 0.147. The van der Waals surface area contributed by atoms with Crippen LogP contribution in [0, 0.1) is 0 Å². The third-order valence-corrected chi connectivity index (χ3v) is 5.11. The standard InChI is InChI=1S/C19H30O6/c1-18(2)22-13-15(23-18)17-14(9-5-6-10-16(20)21-3)24-19(25-17)11-7-4-8-12-19/h5,9,14-15,17H,4,6-8,10-13H2,1-3H3/b9-5+. The molecule has 0 bridgehead atoms. The van der Waals surface area contributed by atoms with Crippen molar-refractivity contribution in [2.75, 3.05) is 13.7 Å². The average Bonchev–Trinajstić information content (AvgIpc) is 3.12. The molecule has 3 fully saturated rings. The zero-order valence-corrected chi connectivity index (χ0v) is 15.5. The van der Waals surface area contributed by atoms with E-state index in [9.17, 15) is 4.79 Å². The fourth-order valence-electron chi connectivity index (χ4n) is 3.83. The minimum Gasteiger partial charge on any atom is -0.469 e. The van der Waals surface area contributed by atoms with Crippen LogP contribution in [-0.4, -0.2) is 49.6 Å². The van der Waals surface area contributed by atoms with E-state index in [-0.39, 0.29) is 24.3 Å². The number of allylic oxidation sites excluding steroid dienone is 1. The SMILES string of the molecule is COC(=O)CC/C=C/C1OC2(CCCCC2)OC1C1COC(C)(C)O1. The number of ether oxygens (including phenoxy) is 5. The maximum atomic E-state index is 11.2. The molecule has 2 heterocycles. The summed E-state index contributed by atoms with van der Waals surface area (Å²) in [5.74, 6) is -1.28. The molecular weight excluding hydrogens is 324 g/mol. The molecular formula is C19H30O6. The lowest BCUT2D eigenvalue weighted by molar-refractivity contribution is -0.205. The highest BCUT2D eigenvalue weighted by molar-refractivity contribution is 5.69. The molecule has 2 aliphatic heterocycles. The predicted molar refractivity (Wildman–Crippen MR) is 90.9 cm³/mol. The lowest BCUT2D eigenvalue weighted by Gasteiger charge is -2.32. The molecule has 3 atom stereocenters. The van der Waals surface area contributed by atoms with Gasteiger partial charge in [0.2, 0.25) is 0 Å². The largest absolute Gasteiger partial charge is 0.469 e. The van der Waals surface area contributed by atoms with Gasteiger partial charge in [-0.05, 0) is 33.1 Å². The van der Waals surface area contributed by atoms with Crippen molar-refractivity contribution in [1.82, 2.24) is 0 Å². The van der Waals surface area contributed by atoms with Crippen LogP contribution in [0.4, 0.5) is 0 Å². The molecule has 1 spiro atoms. The van der Waals surface area contributed by atoms with Crippen LogP contribution < -0.4 is 0 Å². The first-order valence-corrected chi connectivity index (χ1v) is 9.34. The van der Waals surface area contributed by atoms with E-state index >= 15 is 0 Å². The summed E-state index contributed by atoms with van der Waals surface area (Å²) in [6.45, 7) is 4.34. The molecule has 3 unspecified atom stereocenters. The summed E-state index contributed by atoms with van der Waals surface area (Å²) in [4.78, 5) is 11.2. The Bertz CT molecular complexity index is 494. The molecule has 0 aromatic rings. The zero-order chi connectivity index (χ0) is 17.9. The van der Waals surface area contributed by atoms with Crippen LogP contribution in [0.1, 0.15) is 58.8 Å². The van der Waals surface area contributed by atoms with Gasteiger partial charge in [-0.15, -0.1) is 0 Å². The highest BCUT2D eigenvalue weighted by Crippen LogP contribution is 2.43. The molecule has 0 aromatic carbocycles. The van der Waals surface area contributed by atoms with Gasteiger partial charge in [0.15, 0.2) is 11.6 Å². The Morgan fingerprint density at radius 1 is 1.16 bits per heavy atom. The van der Waals surface area contributed by atoms with Crippen LogP contribution >= 0.6 is 0 Å². The summed E-state index contributed by atoms with van der Waals surface area (Å²) in [6, 6.07) is 0. The van der Waals surface area contributed by atoms with E-state index in [1.807, 2.05) is 26.0 Å². The van der Waals surface area contributed by atoms with Gasteiger partial charge in [0.25, 0.3) is 0 Å². The lowest BCUT2D eigenvalue weighted by Crippen LogP contribution is -2.38. The Balaban J connectivity index is 1.66. The topological polar surface area (TPSA) is 63.2 Å². The van der Waals surface area contributed by atoms with E-state index in [4.69, 9.17) is 18.9 Å². The van der Waals surface area contributed by atoms with Crippen LogP contribution in [0.25, 0.3) is 0 Å². The molecule has 25 heavy (non-hydrogen) atoms. The number of methoxy groups -OCH3 is 1. The van der Waals surface area contributed by atoms with E-state index in [2.05, 4.69) is 4.74 Å². The van der Waals surface area contributed by atoms with Gasteiger partial charge in [0, 0.05) is 19.3 Å². The minimum atomic E-state index is -0.588. The van der Waals surface area contributed by atoms with Crippen LogP contribution in [-0.2, 0) is 28.5 Å². The van der Waals surface area contributed by atoms with E-state index in [1.165, 1.54) is 13.5 Å². The number of carbonyl (C=O) groups is 1. The van der Waals surface area contributed by atoms with Gasteiger partial charge in [0.1, 0.15) is 18.3 Å². The van der Waals surface area contributed by atoms with Gasteiger partial charge in [0.05, 0.1) is 13.7 Å². The second-order valence-electron chi connectivity index (χ2n) is 7.55. The third kappa shape index (κ3) is 4.61. The normalized spacial score (nSPS) is 34.0. The number of rotatable bonds is 5. The Hall–Kier alpha value is -0.950. The van der Waals surface area contributed by atoms with E-state index in [1.54, 1.807) is 0 Å². The molecule has 3 rings (SSSR count). The van der Waals surface area contributed by atoms with Crippen LogP contribution in [0.3, 0.4) is 0 Å². The maximum absolute atomic E-state index is 11.2. The molecule has 6 nitrogen and oxygen atoms in total. The van der Waals surface area contributed by atoms with Crippen molar-refractivity contribution < 1.29 is 28.5 Å². The fraction of sp³-hybridized carbons (Fsp3) is 0.842. The van der Waals surface area contributed by atoms with Gasteiger partial charge < -0.3 is 23.7 Å². The predicted octanol–water partition coefficient (Wildman–Crippen LogP) is 3.09. The Kier molecular flexibility index (Phi) is 5.83.